The maximum atomic E-state index is 14.1. The molecule has 8 nitrogen and oxygen atoms in total. The second-order valence-electron chi connectivity index (χ2n) is 7.17. The van der Waals surface area contributed by atoms with Gasteiger partial charge in [-0.3, -0.25) is 9.59 Å². The third-order valence-electron chi connectivity index (χ3n) is 5.09. The lowest BCUT2D eigenvalue weighted by atomic mass is 10.1. The molecule has 4 aromatic heterocycles. The fourth-order valence-corrected chi connectivity index (χ4v) is 4.17. The molecule has 0 aliphatic carbocycles. The summed E-state index contributed by atoms with van der Waals surface area (Å²) in [6.45, 7) is 0. The van der Waals surface area contributed by atoms with Crippen LogP contribution in [0.5, 0.6) is 0 Å². The summed E-state index contributed by atoms with van der Waals surface area (Å²) in [4.78, 5) is 27.4. The Morgan fingerprint density at radius 3 is 2.62 bits per heavy atom. The molecular weight excluding hydrogens is 496 g/mol. The summed E-state index contributed by atoms with van der Waals surface area (Å²) in [5.41, 5.74) is -2.02. The van der Waals surface area contributed by atoms with Crippen molar-refractivity contribution in [3.63, 3.8) is 0 Å². The number of carbonyl (C=O) groups is 1. The second kappa shape index (κ2) is 7.89. The van der Waals surface area contributed by atoms with Crippen molar-refractivity contribution in [1.82, 2.24) is 24.4 Å². The van der Waals surface area contributed by atoms with Crippen molar-refractivity contribution in [2.45, 2.75) is 6.18 Å². The number of anilines is 1. The smallest absolute Gasteiger partial charge is 0.329 e. The minimum absolute atomic E-state index is 0.00679. The fourth-order valence-electron chi connectivity index (χ4n) is 3.63. The van der Waals surface area contributed by atoms with Crippen molar-refractivity contribution < 1.29 is 18.0 Å². The first-order valence-corrected chi connectivity index (χ1v) is 10.3. The summed E-state index contributed by atoms with van der Waals surface area (Å²) in [6.07, 6.45) is -1.58. The summed E-state index contributed by atoms with van der Waals surface area (Å²) in [5.74, 6) is -1.06. The number of fused-ring (bicyclic) bond motifs is 2. The maximum absolute atomic E-state index is 14.1. The molecule has 0 bridgehead atoms. The van der Waals surface area contributed by atoms with E-state index in [0.29, 0.717) is 10.2 Å². The minimum Gasteiger partial charge on any atom is -0.329 e. The van der Waals surface area contributed by atoms with E-state index < -0.39 is 28.9 Å². The van der Waals surface area contributed by atoms with Crippen LogP contribution in [0.4, 0.5) is 18.9 Å². The molecule has 0 unspecified atom stereocenters. The molecule has 1 aromatic carbocycles. The zero-order valence-corrected chi connectivity index (χ0v) is 18.2. The van der Waals surface area contributed by atoms with Crippen molar-refractivity contribution in [2.75, 3.05) is 5.32 Å². The number of halogens is 5. The Morgan fingerprint density at radius 2 is 1.85 bits per heavy atom. The van der Waals surface area contributed by atoms with Gasteiger partial charge in [-0.25, -0.2) is 9.20 Å². The summed E-state index contributed by atoms with van der Waals surface area (Å²) >= 11 is 12.1. The summed E-state index contributed by atoms with van der Waals surface area (Å²) in [6, 6.07) is 8.61. The number of aromatic nitrogens is 5. The van der Waals surface area contributed by atoms with Gasteiger partial charge < -0.3 is 10.3 Å². The van der Waals surface area contributed by atoms with Gasteiger partial charge in [-0.05, 0) is 30.3 Å². The molecule has 0 aliphatic heterocycles. The largest absolute Gasteiger partial charge is 0.434 e. The number of benzene rings is 1. The van der Waals surface area contributed by atoms with Gasteiger partial charge in [0.1, 0.15) is 5.15 Å². The first-order chi connectivity index (χ1) is 16.1. The van der Waals surface area contributed by atoms with Crippen molar-refractivity contribution in [3.05, 3.63) is 86.8 Å². The van der Waals surface area contributed by atoms with Crippen molar-refractivity contribution >= 4 is 51.1 Å². The van der Waals surface area contributed by atoms with Gasteiger partial charge in [0.2, 0.25) is 0 Å². The fraction of sp³-hybridized carbons (Fsp3) is 0.0476. The highest BCUT2D eigenvalue weighted by atomic mass is 35.5. The van der Waals surface area contributed by atoms with Gasteiger partial charge in [-0.1, -0.05) is 29.3 Å². The number of alkyl halides is 3. The number of nitrogens with zero attached hydrogens (tertiary/aromatic N) is 4. The molecule has 34 heavy (non-hydrogen) atoms. The number of hydrogen-bond donors (Lipinski definition) is 2. The van der Waals surface area contributed by atoms with E-state index in [4.69, 9.17) is 23.2 Å². The molecular formula is C21H11Cl2F3N6O2. The number of hydrogen-bond acceptors (Lipinski definition) is 4. The van der Waals surface area contributed by atoms with E-state index in [1.807, 2.05) is 0 Å². The topological polar surface area (TPSA) is 97.1 Å². The van der Waals surface area contributed by atoms with E-state index in [-0.39, 0.29) is 32.3 Å². The number of H-pyrrole nitrogens is 1. The van der Waals surface area contributed by atoms with E-state index in [1.165, 1.54) is 53.3 Å². The average Bonchev–Trinajstić information content (AvgIpc) is 3.35. The molecule has 172 valence electrons. The van der Waals surface area contributed by atoms with Gasteiger partial charge in [-0.2, -0.15) is 23.4 Å². The summed E-state index contributed by atoms with van der Waals surface area (Å²) < 4.78 is 44.2. The van der Waals surface area contributed by atoms with Gasteiger partial charge in [0.25, 0.3) is 11.5 Å². The minimum atomic E-state index is -4.94. The van der Waals surface area contributed by atoms with Crippen LogP contribution in [0.25, 0.3) is 22.0 Å². The number of aromatic amines is 1. The van der Waals surface area contributed by atoms with Crippen LogP contribution in [0.2, 0.25) is 10.2 Å². The van der Waals surface area contributed by atoms with Crippen LogP contribution in [0, 0.1) is 0 Å². The van der Waals surface area contributed by atoms with Gasteiger partial charge in [0.05, 0.1) is 39.9 Å². The molecule has 0 fully saturated rings. The van der Waals surface area contributed by atoms with Crippen molar-refractivity contribution in [3.8, 4) is 5.69 Å². The standard InChI is InChI=1S/C21H11Cl2F3N6O2/c22-14-7-17(23)31-16(14)6-10(8-28-31)30-20(34)13-9-29-32(18(13)21(24,25)26)15-3-1-2-12-11(15)4-5-27-19(12)33/h1-9H,(H,27,33)(H,30,34). The van der Waals surface area contributed by atoms with Crippen molar-refractivity contribution in [2.24, 2.45) is 0 Å². The molecule has 0 saturated heterocycles. The monoisotopic (exact) mass is 506 g/mol. The van der Waals surface area contributed by atoms with E-state index in [1.54, 1.807) is 0 Å². The van der Waals surface area contributed by atoms with Gasteiger partial charge in [0, 0.05) is 17.0 Å². The highest BCUT2D eigenvalue weighted by molar-refractivity contribution is 6.37. The number of nitrogens with one attached hydrogen (secondary N) is 2. The van der Waals surface area contributed by atoms with Crippen LogP contribution >= 0.6 is 23.2 Å². The summed E-state index contributed by atoms with van der Waals surface area (Å²) in [5, 5.41) is 11.1. The van der Waals surface area contributed by atoms with E-state index in [9.17, 15) is 22.8 Å². The quantitative estimate of drug-likeness (QED) is 0.362. The molecule has 0 aliphatic rings. The molecule has 0 atom stereocenters. The first-order valence-electron chi connectivity index (χ1n) is 9.55. The van der Waals surface area contributed by atoms with Crippen LogP contribution in [0.1, 0.15) is 16.1 Å². The number of pyridine rings is 1. The van der Waals surface area contributed by atoms with Crippen LogP contribution < -0.4 is 10.9 Å². The highest BCUT2D eigenvalue weighted by Crippen LogP contribution is 2.35. The van der Waals surface area contributed by atoms with Crippen LogP contribution in [-0.4, -0.2) is 30.3 Å². The SMILES string of the molecule is O=C(Nc1cnn2c(Cl)cc(Cl)c2c1)c1cnn(-c2cccc3c(=O)[nH]ccc23)c1C(F)(F)F. The maximum Gasteiger partial charge on any atom is 0.434 e. The zero-order valence-electron chi connectivity index (χ0n) is 16.7. The summed E-state index contributed by atoms with van der Waals surface area (Å²) in [7, 11) is 0. The lowest BCUT2D eigenvalue weighted by Gasteiger charge is -2.14. The van der Waals surface area contributed by atoms with Crippen LogP contribution in [0.3, 0.4) is 0 Å². The molecule has 2 N–H and O–H groups in total. The number of rotatable bonds is 3. The Hall–Kier alpha value is -3.83. The van der Waals surface area contributed by atoms with Gasteiger partial charge >= 0.3 is 6.18 Å². The molecule has 0 spiro atoms. The third-order valence-corrected chi connectivity index (χ3v) is 5.66. The third kappa shape index (κ3) is 3.58. The Balaban J connectivity index is 1.60. The molecule has 0 saturated carbocycles. The van der Waals surface area contributed by atoms with Crippen LogP contribution in [-0.2, 0) is 6.18 Å². The van der Waals surface area contributed by atoms with Gasteiger partial charge in [-0.15, -0.1) is 0 Å². The van der Waals surface area contributed by atoms with E-state index in [2.05, 4.69) is 20.5 Å². The van der Waals surface area contributed by atoms with Crippen LogP contribution in [0.15, 0.2) is 59.8 Å². The van der Waals surface area contributed by atoms with E-state index in [0.717, 1.165) is 6.20 Å². The van der Waals surface area contributed by atoms with Gasteiger partial charge in [0.15, 0.2) is 5.69 Å². The lowest BCUT2D eigenvalue weighted by Crippen LogP contribution is -2.21. The van der Waals surface area contributed by atoms with E-state index >= 15 is 0 Å². The molecule has 5 rings (SSSR count). The second-order valence-corrected chi connectivity index (χ2v) is 7.97. The highest BCUT2D eigenvalue weighted by Gasteiger charge is 2.41. The normalized spacial score (nSPS) is 11.9. The molecule has 13 heteroatoms. The molecule has 4 heterocycles. The Morgan fingerprint density at radius 1 is 1.06 bits per heavy atom. The Kier molecular flexibility index (Phi) is 5.10. The predicted molar refractivity (Wildman–Crippen MR) is 120 cm³/mol. The zero-order chi connectivity index (χ0) is 24.2. The molecule has 0 radical (unpaired) electrons. The molecule has 1 amide bonds. The number of amides is 1. The number of carbonyl (C=O) groups excluding carboxylic acids is 1. The van der Waals surface area contributed by atoms with Crippen molar-refractivity contribution in [1.29, 1.82) is 0 Å². The molecule has 5 aromatic rings. The Labute approximate surface area is 197 Å². The Bertz CT molecular complexity index is 1650. The lowest BCUT2D eigenvalue weighted by molar-refractivity contribution is -0.143. The average molecular weight is 507 g/mol. The first kappa shape index (κ1) is 22.0. The predicted octanol–water partition coefficient (Wildman–Crippen LogP) is 4.94.